The fourth-order valence-corrected chi connectivity index (χ4v) is 1.93. The number of nitrogens with one attached hydrogen (secondary N) is 1. The lowest BCUT2D eigenvalue weighted by atomic mass is 10.1. The lowest BCUT2D eigenvalue weighted by Gasteiger charge is -2.13. The van der Waals surface area contributed by atoms with Crippen LogP contribution in [0.1, 0.15) is 23.2 Å². The third kappa shape index (κ3) is 4.54. The molecule has 4 nitrogen and oxygen atoms in total. The Labute approximate surface area is 125 Å². The van der Waals surface area contributed by atoms with Crippen LogP contribution < -0.4 is 15.8 Å². The molecule has 3 N–H and O–H groups in total. The lowest BCUT2D eigenvalue weighted by molar-refractivity contribution is 0.0946. The van der Waals surface area contributed by atoms with Crippen LogP contribution in [0.15, 0.2) is 36.9 Å². The van der Waals surface area contributed by atoms with Crippen molar-refractivity contribution < 1.29 is 9.53 Å². The van der Waals surface area contributed by atoms with Crippen molar-refractivity contribution in [2.24, 2.45) is 11.7 Å². The summed E-state index contributed by atoms with van der Waals surface area (Å²) < 4.78 is 5.46. The number of carbonyl (C=O) groups excluding carboxylic acids is 1. The number of rotatable bonds is 7. The Kier molecular flexibility index (Phi) is 6.55. The molecule has 1 aliphatic carbocycles. The molecule has 1 atom stereocenters. The number of benzene rings is 1. The maximum atomic E-state index is 12.1. The minimum absolute atomic E-state index is 0. The van der Waals surface area contributed by atoms with Crippen molar-refractivity contribution in [1.82, 2.24) is 5.32 Å². The molecule has 0 bridgehead atoms. The Hall–Kier alpha value is -1.52. The Morgan fingerprint density at radius 3 is 2.85 bits per heavy atom. The molecular weight excluding hydrogens is 276 g/mol. The lowest BCUT2D eigenvalue weighted by Crippen LogP contribution is -2.38. The summed E-state index contributed by atoms with van der Waals surface area (Å²) >= 11 is 0. The third-order valence-electron chi connectivity index (χ3n) is 3.21. The summed E-state index contributed by atoms with van der Waals surface area (Å²) in [5.41, 5.74) is 6.50. The summed E-state index contributed by atoms with van der Waals surface area (Å²) in [7, 11) is 0. The summed E-state index contributed by atoms with van der Waals surface area (Å²) in [5, 5.41) is 2.87. The molecule has 0 radical (unpaired) electrons. The number of hydrogen-bond acceptors (Lipinski definition) is 3. The van der Waals surface area contributed by atoms with Gasteiger partial charge < -0.3 is 15.8 Å². The molecule has 1 aliphatic rings. The number of nitrogens with two attached hydrogens (primary N) is 1. The van der Waals surface area contributed by atoms with Crippen LogP contribution in [-0.2, 0) is 0 Å². The molecule has 0 heterocycles. The van der Waals surface area contributed by atoms with Crippen LogP contribution >= 0.6 is 12.4 Å². The first-order chi connectivity index (χ1) is 9.22. The van der Waals surface area contributed by atoms with Gasteiger partial charge >= 0.3 is 0 Å². The highest BCUT2D eigenvalue weighted by Gasteiger charge is 2.28. The van der Waals surface area contributed by atoms with E-state index in [9.17, 15) is 4.79 Å². The van der Waals surface area contributed by atoms with E-state index < -0.39 is 0 Å². The molecule has 1 aromatic rings. The van der Waals surface area contributed by atoms with Crippen LogP contribution in [0.4, 0.5) is 0 Å². The topological polar surface area (TPSA) is 64.3 Å². The minimum Gasteiger partial charge on any atom is -0.489 e. The molecular formula is C15H21ClN2O2. The predicted octanol–water partition coefficient (Wildman–Crippen LogP) is 2.14. The van der Waals surface area contributed by atoms with E-state index in [1.54, 1.807) is 18.2 Å². The second kappa shape index (κ2) is 7.92. The zero-order chi connectivity index (χ0) is 13.7. The summed E-state index contributed by atoms with van der Waals surface area (Å²) in [6, 6.07) is 7.24. The summed E-state index contributed by atoms with van der Waals surface area (Å²) in [4.78, 5) is 12.1. The Morgan fingerprint density at radius 2 is 2.20 bits per heavy atom. The van der Waals surface area contributed by atoms with Gasteiger partial charge in [0.25, 0.3) is 5.91 Å². The Morgan fingerprint density at radius 1 is 1.50 bits per heavy atom. The molecule has 110 valence electrons. The molecule has 5 heteroatoms. The van der Waals surface area contributed by atoms with Crippen molar-refractivity contribution in [1.29, 1.82) is 0 Å². The molecule has 1 fully saturated rings. The molecule has 1 aromatic carbocycles. The van der Waals surface area contributed by atoms with Crippen molar-refractivity contribution in [3.8, 4) is 5.75 Å². The molecule has 0 aromatic heterocycles. The van der Waals surface area contributed by atoms with E-state index in [-0.39, 0.29) is 24.4 Å². The van der Waals surface area contributed by atoms with Crippen LogP contribution in [0.2, 0.25) is 0 Å². The zero-order valence-corrected chi connectivity index (χ0v) is 12.2. The van der Waals surface area contributed by atoms with E-state index in [2.05, 4.69) is 11.9 Å². The standard InChI is InChI=1S/C15H20N2O2.ClH/c1-2-9-19-14-6-4-3-5-12(14)15(18)17-10-13(16)11-7-8-11;/h2-6,11,13H,1,7-10,16H2,(H,17,18);1H. The SMILES string of the molecule is C=CCOc1ccccc1C(=O)NCC(N)C1CC1.Cl. The van der Waals surface area contributed by atoms with Crippen LogP contribution in [0.5, 0.6) is 5.75 Å². The zero-order valence-electron chi connectivity index (χ0n) is 11.4. The van der Waals surface area contributed by atoms with Crippen molar-refractivity contribution in [3.05, 3.63) is 42.5 Å². The number of hydrogen-bond donors (Lipinski definition) is 2. The van der Waals surface area contributed by atoms with E-state index in [0.717, 1.165) is 0 Å². The van der Waals surface area contributed by atoms with Gasteiger partial charge in [0.1, 0.15) is 12.4 Å². The average molecular weight is 297 g/mol. The van der Waals surface area contributed by atoms with Gasteiger partial charge in [0, 0.05) is 12.6 Å². The first-order valence-corrected chi connectivity index (χ1v) is 6.59. The van der Waals surface area contributed by atoms with Gasteiger partial charge in [0.05, 0.1) is 5.56 Å². The van der Waals surface area contributed by atoms with Gasteiger partial charge in [0.15, 0.2) is 0 Å². The monoisotopic (exact) mass is 296 g/mol. The van der Waals surface area contributed by atoms with Crippen LogP contribution in [0, 0.1) is 5.92 Å². The number of para-hydroxylation sites is 1. The Bertz CT molecular complexity index is 461. The number of amides is 1. The van der Waals surface area contributed by atoms with E-state index >= 15 is 0 Å². The van der Waals surface area contributed by atoms with Gasteiger partial charge in [-0.25, -0.2) is 0 Å². The van der Waals surface area contributed by atoms with E-state index in [1.165, 1.54) is 12.8 Å². The summed E-state index contributed by atoms with van der Waals surface area (Å²) in [6.45, 7) is 4.49. The first-order valence-electron chi connectivity index (χ1n) is 6.59. The Balaban J connectivity index is 0.00000200. The van der Waals surface area contributed by atoms with Gasteiger partial charge in [0.2, 0.25) is 0 Å². The predicted molar refractivity (Wildman–Crippen MR) is 82.4 cm³/mol. The van der Waals surface area contributed by atoms with Crippen LogP contribution in [0.25, 0.3) is 0 Å². The van der Waals surface area contributed by atoms with Crippen molar-refractivity contribution >= 4 is 18.3 Å². The quantitative estimate of drug-likeness (QED) is 0.758. The average Bonchev–Trinajstić information content (AvgIpc) is 3.27. The second-order valence-corrected chi connectivity index (χ2v) is 4.81. The number of carbonyl (C=O) groups is 1. The largest absolute Gasteiger partial charge is 0.489 e. The maximum Gasteiger partial charge on any atom is 0.255 e. The third-order valence-corrected chi connectivity index (χ3v) is 3.21. The van der Waals surface area contributed by atoms with Gasteiger partial charge in [-0.15, -0.1) is 12.4 Å². The van der Waals surface area contributed by atoms with Gasteiger partial charge in [-0.1, -0.05) is 24.8 Å². The molecule has 1 amide bonds. The highest BCUT2D eigenvalue weighted by atomic mass is 35.5. The van der Waals surface area contributed by atoms with Gasteiger partial charge in [-0.2, -0.15) is 0 Å². The van der Waals surface area contributed by atoms with Crippen molar-refractivity contribution in [2.45, 2.75) is 18.9 Å². The van der Waals surface area contributed by atoms with Crippen LogP contribution in [-0.4, -0.2) is 25.1 Å². The molecule has 0 saturated heterocycles. The molecule has 0 aliphatic heterocycles. The normalized spacial score (nSPS) is 14.8. The highest BCUT2D eigenvalue weighted by Crippen LogP contribution is 2.31. The van der Waals surface area contributed by atoms with Gasteiger partial charge in [-0.3, -0.25) is 4.79 Å². The summed E-state index contributed by atoms with van der Waals surface area (Å²) in [6.07, 6.45) is 4.00. The van der Waals surface area contributed by atoms with Crippen molar-refractivity contribution in [3.63, 3.8) is 0 Å². The number of halogens is 1. The van der Waals surface area contributed by atoms with E-state index in [0.29, 0.717) is 30.4 Å². The number of ether oxygens (including phenoxy) is 1. The van der Waals surface area contributed by atoms with Crippen LogP contribution in [0.3, 0.4) is 0 Å². The first kappa shape index (κ1) is 16.5. The minimum atomic E-state index is -0.143. The maximum absolute atomic E-state index is 12.1. The smallest absolute Gasteiger partial charge is 0.255 e. The van der Waals surface area contributed by atoms with Crippen molar-refractivity contribution in [2.75, 3.05) is 13.2 Å². The highest BCUT2D eigenvalue weighted by molar-refractivity contribution is 5.96. The molecule has 2 rings (SSSR count). The summed E-state index contributed by atoms with van der Waals surface area (Å²) in [5.74, 6) is 1.00. The second-order valence-electron chi connectivity index (χ2n) is 4.81. The molecule has 1 saturated carbocycles. The van der Waals surface area contributed by atoms with Gasteiger partial charge in [-0.05, 0) is 30.9 Å². The molecule has 1 unspecified atom stereocenters. The van der Waals surface area contributed by atoms with E-state index in [4.69, 9.17) is 10.5 Å². The molecule has 20 heavy (non-hydrogen) atoms. The van der Waals surface area contributed by atoms with E-state index in [1.807, 2.05) is 12.1 Å². The molecule has 0 spiro atoms. The fraction of sp³-hybridized carbons (Fsp3) is 0.400. The fourth-order valence-electron chi connectivity index (χ4n) is 1.93.